The lowest BCUT2D eigenvalue weighted by Gasteiger charge is -2.11. The van der Waals surface area contributed by atoms with Gasteiger partial charge >= 0.3 is 0 Å². The molecule has 5 nitrogen and oxygen atoms in total. The minimum atomic E-state index is -0.607. The summed E-state index contributed by atoms with van der Waals surface area (Å²) in [5, 5.41) is 12.7. The molecule has 0 radical (unpaired) electrons. The zero-order chi connectivity index (χ0) is 18.5. The fourth-order valence-electron chi connectivity index (χ4n) is 2.43. The third kappa shape index (κ3) is 3.81. The molecule has 0 fully saturated rings. The molecule has 0 N–H and O–H groups in total. The molecule has 26 heavy (non-hydrogen) atoms. The van der Waals surface area contributed by atoms with Gasteiger partial charge in [-0.25, -0.2) is 8.78 Å². The van der Waals surface area contributed by atoms with E-state index in [9.17, 15) is 8.78 Å². The van der Waals surface area contributed by atoms with Crippen LogP contribution in [0.15, 0.2) is 48.7 Å². The van der Waals surface area contributed by atoms with Crippen LogP contribution in [-0.4, -0.2) is 23.0 Å². The van der Waals surface area contributed by atoms with Crippen LogP contribution in [0.5, 0.6) is 11.5 Å². The van der Waals surface area contributed by atoms with E-state index in [0.717, 1.165) is 6.07 Å². The largest absolute Gasteiger partial charge is 0.490 e. The van der Waals surface area contributed by atoms with Gasteiger partial charge in [0.25, 0.3) is 0 Å². The smallest absolute Gasteiger partial charge is 0.166 e. The molecule has 7 heteroatoms. The molecule has 0 spiro atoms. The Labute approximate surface area is 149 Å². The van der Waals surface area contributed by atoms with Gasteiger partial charge in [0.05, 0.1) is 17.3 Å². The quantitative estimate of drug-likeness (QED) is 0.633. The SMILES string of the molecule is Cn1nccc1-c1cc(OCCOc2ccc(C#N)cc2F)ccc1F. The molecular formula is C19H15F2N3O2. The molecule has 3 rings (SSSR count). The lowest BCUT2D eigenvalue weighted by atomic mass is 10.1. The highest BCUT2D eigenvalue weighted by molar-refractivity contribution is 5.62. The van der Waals surface area contributed by atoms with Crippen LogP contribution in [0.1, 0.15) is 5.56 Å². The Morgan fingerprint density at radius 1 is 1.04 bits per heavy atom. The second kappa shape index (κ2) is 7.66. The number of ether oxygens (including phenoxy) is 2. The van der Waals surface area contributed by atoms with Crippen molar-refractivity contribution in [2.75, 3.05) is 13.2 Å². The van der Waals surface area contributed by atoms with Crippen LogP contribution in [0.3, 0.4) is 0 Å². The number of nitrogens with zero attached hydrogens (tertiary/aromatic N) is 3. The standard InChI is InChI=1S/C19H15F2N3O2/c1-24-18(6-7-23-24)15-11-14(3-4-16(15)20)25-8-9-26-19-5-2-13(12-22)10-17(19)21/h2-7,10-11H,8-9H2,1H3. The van der Waals surface area contributed by atoms with Crippen molar-refractivity contribution in [3.63, 3.8) is 0 Å². The van der Waals surface area contributed by atoms with Crippen molar-refractivity contribution in [3.05, 3.63) is 65.9 Å². The minimum Gasteiger partial charge on any atom is -0.490 e. The highest BCUT2D eigenvalue weighted by Crippen LogP contribution is 2.26. The number of rotatable bonds is 6. The summed E-state index contributed by atoms with van der Waals surface area (Å²) in [6.45, 7) is 0.247. The molecule has 0 aliphatic heterocycles. The summed E-state index contributed by atoms with van der Waals surface area (Å²) < 4.78 is 40.2. The van der Waals surface area contributed by atoms with E-state index in [1.165, 1.54) is 24.3 Å². The van der Waals surface area contributed by atoms with Gasteiger partial charge in [-0.05, 0) is 42.5 Å². The van der Waals surface area contributed by atoms with Gasteiger partial charge in [0, 0.05) is 18.8 Å². The second-order valence-electron chi connectivity index (χ2n) is 5.44. The van der Waals surface area contributed by atoms with Gasteiger partial charge in [-0.2, -0.15) is 10.4 Å². The van der Waals surface area contributed by atoms with Crippen LogP contribution in [0.4, 0.5) is 8.78 Å². The third-order valence-electron chi connectivity index (χ3n) is 3.71. The summed E-state index contributed by atoms with van der Waals surface area (Å²) in [6, 6.07) is 11.9. The van der Waals surface area contributed by atoms with E-state index in [2.05, 4.69) is 5.10 Å². The summed E-state index contributed by atoms with van der Waals surface area (Å²) in [5.74, 6) is -0.477. The maximum Gasteiger partial charge on any atom is 0.166 e. The van der Waals surface area contributed by atoms with Crippen molar-refractivity contribution < 1.29 is 18.3 Å². The van der Waals surface area contributed by atoms with E-state index in [1.807, 2.05) is 6.07 Å². The van der Waals surface area contributed by atoms with Crippen LogP contribution >= 0.6 is 0 Å². The van der Waals surface area contributed by atoms with Crippen LogP contribution in [0, 0.1) is 23.0 Å². The first-order valence-electron chi connectivity index (χ1n) is 7.81. The maximum absolute atomic E-state index is 14.0. The Balaban J connectivity index is 1.61. The van der Waals surface area contributed by atoms with Gasteiger partial charge < -0.3 is 9.47 Å². The fraction of sp³-hybridized carbons (Fsp3) is 0.158. The summed E-state index contributed by atoms with van der Waals surface area (Å²) in [7, 11) is 1.72. The van der Waals surface area contributed by atoms with E-state index in [-0.39, 0.29) is 30.3 Å². The first-order valence-corrected chi connectivity index (χ1v) is 7.81. The monoisotopic (exact) mass is 355 g/mol. The second-order valence-corrected chi connectivity index (χ2v) is 5.44. The van der Waals surface area contributed by atoms with Crippen molar-refractivity contribution in [1.29, 1.82) is 5.26 Å². The lowest BCUT2D eigenvalue weighted by molar-refractivity contribution is 0.211. The van der Waals surface area contributed by atoms with E-state index in [1.54, 1.807) is 30.1 Å². The van der Waals surface area contributed by atoms with E-state index in [0.29, 0.717) is 17.0 Å². The van der Waals surface area contributed by atoms with E-state index >= 15 is 0 Å². The highest BCUT2D eigenvalue weighted by atomic mass is 19.1. The van der Waals surface area contributed by atoms with Crippen molar-refractivity contribution >= 4 is 0 Å². The molecule has 132 valence electrons. The third-order valence-corrected chi connectivity index (χ3v) is 3.71. The molecule has 3 aromatic rings. The number of nitriles is 1. The van der Waals surface area contributed by atoms with Gasteiger partial charge in [0.15, 0.2) is 11.6 Å². The highest BCUT2D eigenvalue weighted by Gasteiger charge is 2.10. The molecule has 0 unspecified atom stereocenters. The normalized spacial score (nSPS) is 10.4. The fourth-order valence-corrected chi connectivity index (χ4v) is 2.43. The molecule has 0 atom stereocenters. The zero-order valence-electron chi connectivity index (χ0n) is 13.9. The summed E-state index contributed by atoms with van der Waals surface area (Å²) in [5.41, 5.74) is 1.23. The first-order chi connectivity index (χ1) is 12.6. The number of halogens is 2. The first kappa shape index (κ1) is 17.4. The van der Waals surface area contributed by atoms with Gasteiger partial charge in [-0.15, -0.1) is 0 Å². The Morgan fingerprint density at radius 3 is 2.54 bits per heavy atom. The molecule has 0 saturated carbocycles. The molecule has 2 aromatic carbocycles. The number of aromatic nitrogens is 2. The maximum atomic E-state index is 14.0. The summed E-state index contributed by atoms with van der Waals surface area (Å²) >= 11 is 0. The molecular weight excluding hydrogens is 340 g/mol. The predicted octanol–water partition coefficient (Wildman–Crippen LogP) is 3.69. The average molecular weight is 355 g/mol. The zero-order valence-corrected chi connectivity index (χ0v) is 13.9. The van der Waals surface area contributed by atoms with Crippen molar-refractivity contribution in [3.8, 4) is 28.8 Å². The van der Waals surface area contributed by atoms with Gasteiger partial charge in [0.1, 0.15) is 24.8 Å². The van der Waals surface area contributed by atoms with E-state index < -0.39 is 5.82 Å². The Kier molecular flexibility index (Phi) is 5.13. The molecule has 0 aliphatic rings. The van der Waals surface area contributed by atoms with Crippen LogP contribution < -0.4 is 9.47 Å². The van der Waals surface area contributed by atoms with Gasteiger partial charge in [0.2, 0.25) is 0 Å². The van der Waals surface area contributed by atoms with Crippen LogP contribution in [-0.2, 0) is 7.05 Å². The lowest BCUT2D eigenvalue weighted by Crippen LogP contribution is -2.10. The molecule has 1 heterocycles. The predicted molar refractivity (Wildman–Crippen MR) is 90.7 cm³/mol. The van der Waals surface area contributed by atoms with Crippen molar-refractivity contribution in [2.24, 2.45) is 7.05 Å². The Hall–Kier alpha value is -3.40. The van der Waals surface area contributed by atoms with Crippen LogP contribution in [0.2, 0.25) is 0 Å². The van der Waals surface area contributed by atoms with Gasteiger partial charge in [-0.1, -0.05) is 0 Å². The topological polar surface area (TPSA) is 60.1 Å². The average Bonchev–Trinajstić information content (AvgIpc) is 3.06. The van der Waals surface area contributed by atoms with Gasteiger partial charge in [-0.3, -0.25) is 4.68 Å². The number of aryl methyl sites for hydroxylation is 1. The van der Waals surface area contributed by atoms with E-state index in [4.69, 9.17) is 14.7 Å². The molecule has 0 saturated heterocycles. The Bertz CT molecular complexity index is 964. The minimum absolute atomic E-state index is 0.0438. The Morgan fingerprint density at radius 2 is 1.85 bits per heavy atom. The number of benzene rings is 2. The number of hydrogen-bond donors (Lipinski definition) is 0. The van der Waals surface area contributed by atoms with Crippen molar-refractivity contribution in [1.82, 2.24) is 9.78 Å². The van der Waals surface area contributed by atoms with Crippen LogP contribution in [0.25, 0.3) is 11.3 Å². The molecule has 0 bridgehead atoms. The molecule has 0 amide bonds. The molecule has 1 aromatic heterocycles. The summed E-state index contributed by atoms with van der Waals surface area (Å²) in [6.07, 6.45) is 1.59. The summed E-state index contributed by atoms with van der Waals surface area (Å²) in [4.78, 5) is 0. The van der Waals surface area contributed by atoms with Crippen molar-refractivity contribution in [2.45, 2.75) is 0 Å². The molecule has 0 aliphatic carbocycles. The number of hydrogen-bond acceptors (Lipinski definition) is 4.